The van der Waals surface area contributed by atoms with Crippen molar-refractivity contribution in [3.05, 3.63) is 48.0 Å². The van der Waals surface area contributed by atoms with Gasteiger partial charge in [-0.3, -0.25) is 0 Å². The molecule has 1 aliphatic carbocycles. The van der Waals surface area contributed by atoms with E-state index in [1.165, 1.54) is 16.3 Å². The highest BCUT2D eigenvalue weighted by Crippen LogP contribution is 2.53. The summed E-state index contributed by atoms with van der Waals surface area (Å²) < 4.78 is 5.49. The van der Waals surface area contributed by atoms with Gasteiger partial charge in [0, 0.05) is 5.54 Å². The van der Waals surface area contributed by atoms with Gasteiger partial charge in [-0.15, -0.1) is 0 Å². The first-order chi connectivity index (χ1) is 8.74. The van der Waals surface area contributed by atoms with Crippen molar-refractivity contribution in [3.8, 4) is 0 Å². The van der Waals surface area contributed by atoms with Gasteiger partial charge in [-0.2, -0.15) is 0 Å². The fraction of sp³-hybridized carbons (Fsp3) is 0.375. The van der Waals surface area contributed by atoms with E-state index < -0.39 is 0 Å². The van der Waals surface area contributed by atoms with Gasteiger partial charge in [0.25, 0.3) is 0 Å². The van der Waals surface area contributed by atoms with Gasteiger partial charge in [-0.05, 0) is 29.2 Å². The van der Waals surface area contributed by atoms with Crippen molar-refractivity contribution in [1.82, 2.24) is 0 Å². The Balaban J connectivity index is 1.86. The SMILES string of the molecule is NC1(C2(c3ccc4ccccc4c3)COC2)CC1. The summed E-state index contributed by atoms with van der Waals surface area (Å²) in [4.78, 5) is 0. The van der Waals surface area contributed by atoms with Crippen molar-refractivity contribution in [2.75, 3.05) is 13.2 Å². The van der Waals surface area contributed by atoms with Crippen LogP contribution in [0.5, 0.6) is 0 Å². The van der Waals surface area contributed by atoms with E-state index in [0.717, 1.165) is 26.1 Å². The molecule has 2 nitrogen and oxygen atoms in total. The van der Waals surface area contributed by atoms with Crippen LogP contribution in [-0.2, 0) is 10.2 Å². The van der Waals surface area contributed by atoms with Gasteiger partial charge in [0.2, 0.25) is 0 Å². The molecule has 2 aromatic rings. The molecule has 1 aliphatic heterocycles. The number of hydrogen-bond donors (Lipinski definition) is 1. The highest BCUT2D eigenvalue weighted by molar-refractivity contribution is 5.83. The summed E-state index contributed by atoms with van der Waals surface area (Å²) in [5.41, 5.74) is 7.88. The Bertz CT molecular complexity index is 611. The van der Waals surface area contributed by atoms with Crippen molar-refractivity contribution >= 4 is 10.8 Å². The molecule has 1 saturated heterocycles. The molecule has 92 valence electrons. The largest absolute Gasteiger partial charge is 0.379 e. The van der Waals surface area contributed by atoms with Crippen molar-refractivity contribution in [3.63, 3.8) is 0 Å². The second kappa shape index (κ2) is 3.34. The van der Waals surface area contributed by atoms with E-state index in [0.29, 0.717) is 0 Å². The zero-order valence-corrected chi connectivity index (χ0v) is 10.4. The lowest BCUT2D eigenvalue weighted by Gasteiger charge is -2.47. The second-order valence-electron chi connectivity index (χ2n) is 5.79. The maximum atomic E-state index is 6.48. The zero-order chi connectivity index (χ0) is 12.2. The summed E-state index contributed by atoms with van der Waals surface area (Å²) >= 11 is 0. The Labute approximate surface area is 107 Å². The Morgan fingerprint density at radius 1 is 0.944 bits per heavy atom. The van der Waals surface area contributed by atoms with E-state index in [2.05, 4.69) is 42.5 Å². The smallest absolute Gasteiger partial charge is 0.0603 e. The Morgan fingerprint density at radius 2 is 1.67 bits per heavy atom. The summed E-state index contributed by atoms with van der Waals surface area (Å²) in [6.07, 6.45) is 2.26. The van der Waals surface area contributed by atoms with E-state index in [4.69, 9.17) is 10.5 Å². The molecular formula is C16H17NO. The topological polar surface area (TPSA) is 35.2 Å². The molecule has 0 aromatic heterocycles. The van der Waals surface area contributed by atoms with Gasteiger partial charge in [0.15, 0.2) is 0 Å². The van der Waals surface area contributed by atoms with Crippen LogP contribution in [0.15, 0.2) is 42.5 Å². The van der Waals surface area contributed by atoms with Crippen LogP contribution in [0.1, 0.15) is 18.4 Å². The van der Waals surface area contributed by atoms with Gasteiger partial charge in [-0.25, -0.2) is 0 Å². The third kappa shape index (κ3) is 1.25. The molecule has 0 spiro atoms. The predicted molar refractivity (Wildman–Crippen MR) is 72.6 cm³/mol. The van der Waals surface area contributed by atoms with Crippen LogP contribution in [0, 0.1) is 0 Å². The second-order valence-corrected chi connectivity index (χ2v) is 5.79. The van der Waals surface area contributed by atoms with E-state index in [-0.39, 0.29) is 11.0 Å². The highest BCUT2D eigenvalue weighted by Gasteiger charge is 2.61. The van der Waals surface area contributed by atoms with Crippen molar-refractivity contribution in [1.29, 1.82) is 0 Å². The fourth-order valence-corrected chi connectivity index (χ4v) is 3.15. The van der Waals surface area contributed by atoms with Crippen LogP contribution < -0.4 is 5.73 Å². The van der Waals surface area contributed by atoms with Crippen LogP contribution in [0.25, 0.3) is 10.8 Å². The summed E-state index contributed by atoms with van der Waals surface area (Å²) in [5.74, 6) is 0. The maximum Gasteiger partial charge on any atom is 0.0603 e. The summed E-state index contributed by atoms with van der Waals surface area (Å²) in [7, 11) is 0. The van der Waals surface area contributed by atoms with Crippen LogP contribution in [0.2, 0.25) is 0 Å². The van der Waals surface area contributed by atoms with Crippen LogP contribution in [0.4, 0.5) is 0 Å². The number of ether oxygens (including phenoxy) is 1. The lowest BCUT2D eigenvalue weighted by atomic mass is 9.70. The molecule has 1 heterocycles. The monoisotopic (exact) mass is 239 g/mol. The van der Waals surface area contributed by atoms with Crippen molar-refractivity contribution in [2.45, 2.75) is 23.8 Å². The Hall–Kier alpha value is -1.38. The molecule has 2 aliphatic rings. The summed E-state index contributed by atoms with van der Waals surface area (Å²) in [6, 6.07) is 15.2. The zero-order valence-electron chi connectivity index (χ0n) is 10.4. The van der Waals surface area contributed by atoms with Gasteiger partial charge in [0.05, 0.1) is 18.6 Å². The first-order valence-electron chi connectivity index (χ1n) is 6.60. The Kier molecular flexibility index (Phi) is 1.95. The Morgan fingerprint density at radius 3 is 2.28 bits per heavy atom. The fourth-order valence-electron chi connectivity index (χ4n) is 3.15. The summed E-state index contributed by atoms with van der Waals surface area (Å²) in [6.45, 7) is 1.56. The lowest BCUT2D eigenvalue weighted by molar-refractivity contribution is -0.0785. The lowest BCUT2D eigenvalue weighted by Crippen LogP contribution is -2.60. The first kappa shape index (κ1) is 10.5. The molecule has 4 rings (SSSR count). The highest BCUT2D eigenvalue weighted by atomic mass is 16.5. The molecule has 0 radical (unpaired) electrons. The molecule has 0 bridgehead atoms. The minimum Gasteiger partial charge on any atom is -0.379 e. The average Bonchev–Trinajstić information content (AvgIpc) is 3.06. The maximum absolute atomic E-state index is 6.48. The third-order valence-corrected chi connectivity index (χ3v) is 4.74. The third-order valence-electron chi connectivity index (χ3n) is 4.74. The van der Waals surface area contributed by atoms with Crippen molar-refractivity contribution < 1.29 is 4.74 Å². The van der Waals surface area contributed by atoms with E-state index in [1.54, 1.807) is 0 Å². The van der Waals surface area contributed by atoms with Crippen LogP contribution >= 0.6 is 0 Å². The van der Waals surface area contributed by atoms with Crippen molar-refractivity contribution in [2.24, 2.45) is 5.73 Å². The number of benzene rings is 2. The molecule has 0 atom stereocenters. The van der Waals surface area contributed by atoms with E-state index in [9.17, 15) is 0 Å². The summed E-state index contributed by atoms with van der Waals surface area (Å²) in [5, 5.41) is 2.59. The molecule has 0 amide bonds. The first-order valence-corrected chi connectivity index (χ1v) is 6.60. The quantitative estimate of drug-likeness (QED) is 0.874. The molecule has 2 N–H and O–H groups in total. The van der Waals surface area contributed by atoms with Crippen LogP contribution in [0.3, 0.4) is 0 Å². The molecule has 0 unspecified atom stereocenters. The van der Waals surface area contributed by atoms with E-state index in [1.807, 2.05) is 0 Å². The average molecular weight is 239 g/mol. The van der Waals surface area contributed by atoms with E-state index >= 15 is 0 Å². The normalized spacial score (nSPS) is 23.6. The van der Waals surface area contributed by atoms with Gasteiger partial charge < -0.3 is 10.5 Å². The predicted octanol–water partition coefficient (Wildman–Crippen LogP) is 2.60. The number of rotatable bonds is 2. The molecule has 2 fully saturated rings. The molecule has 2 aromatic carbocycles. The minimum atomic E-state index is -0.0201. The van der Waals surface area contributed by atoms with Gasteiger partial charge in [0.1, 0.15) is 0 Å². The van der Waals surface area contributed by atoms with Crippen LogP contribution in [-0.4, -0.2) is 18.8 Å². The minimum absolute atomic E-state index is 0.0201. The van der Waals surface area contributed by atoms with Gasteiger partial charge >= 0.3 is 0 Å². The standard InChI is InChI=1S/C16H17NO/c17-16(7-8-16)15(10-18-11-15)14-6-5-12-3-1-2-4-13(12)9-14/h1-6,9H,7-8,10-11,17H2. The number of fused-ring (bicyclic) bond motifs is 1. The molecule has 2 heteroatoms. The number of hydrogen-bond acceptors (Lipinski definition) is 2. The molecule has 18 heavy (non-hydrogen) atoms. The number of nitrogens with two attached hydrogens (primary N) is 1. The molecular weight excluding hydrogens is 222 g/mol. The van der Waals surface area contributed by atoms with Gasteiger partial charge in [-0.1, -0.05) is 42.5 Å². The molecule has 1 saturated carbocycles.